The second-order valence-electron chi connectivity index (χ2n) is 2.68. The molecular weight excluding hydrogens is 140 g/mol. The van der Waals surface area contributed by atoms with Gasteiger partial charge in [0.2, 0.25) is 5.91 Å². The van der Waals surface area contributed by atoms with Gasteiger partial charge in [-0.3, -0.25) is 4.79 Å². The lowest BCUT2D eigenvalue weighted by Crippen LogP contribution is -2.23. The molecule has 2 N–H and O–H groups in total. The summed E-state index contributed by atoms with van der Waals surface area (Å²) in [6.07, 6.45) is 4.78. The SMILES string of the molecule is O=C1NCC=CC2=C1CCN2. The van der Waals surface area contributed by atoms with Crippen LogP contribution in [-0.2, 0) is 4.79 Å². The van der Waals surface area contributed by atoms with Gasteiger partial charge in [-0.25, -0.2) is 0 Å². The van der Waals surface area contributed by atoms with Gasteiger partial charge < -0.3 is 10.6 Å². The van der Waals surface area contributed by atoms with E-state index in [2.05, 4.69) is 10.6 Å². The second kappa shape index (κ2) is 2.42. The maximum Gasteiger partial charge on any atom is 0.249 e. The lowest BCUT2D eigenvalue weighted by atomic mass is 10.2. The van der Waals surface area contributed by atoms with Crippen molar-refractivity contribution in [2.24, 2.45) is 0 Å². The van der Waals surface area contributed by atoms with Crippen molar-refractivity contribution in [2.75, 3.05) is 13.1 Å². The van der Waals surface area contributed by atoms with Crippen molar-refractivity contribution >= 4 is 5.91 Å². The van der Waals surface area contributed by atoms with Crippen LogP contribution in [0.5, 0.6) is 0 Å². The van der Waals surface area contributed by atoms with Crippen LogP contribution in [0, 0.1) is 0 Å². The number of amides is 1. The molecule has 0 aromatic rings. The molecule has 0 saturated heterocycles. The molecule has 1 amide bonds. The smallest absolute Gasteiger partial charge is 0.249 e. The molecule has 0 radical (unpaired) electrons. The number of carbonyl (C=O) groups excluding carboxylic acids is 1. The Bertz CT molecular complexity index is 253. The Morgan fingerprint density at radius 3 is 3.18 bits per heavy atom. The third-order valence-electron chi connectivity index (χ3n) is 1.95. The molecule has 2 rings (SSSR count). The highest BCUT2D eigenvalue weighted by molar-refractivity contribution is 5.95. The van der Waals surface area contributed by atoms with Gasteiger partial charge in [0.1, 0.15) is 0 Å². The Balaban J connectivity index is 2.35. The Labute approximate surface area is 65.2 Å². The molecule has 58 valence electrons. The third-order valence-corrected chi connectivity index (χ3v) is 1.95. The van der Waals surface area contributed by atoms with Gasteiger partial charge in [-0.05, 0) is 12.5 Å². The molecule has 0 saturated carbocycles. The summed E-state index contributed by atoms with van der Waals surface area (Å²) in [5.41, 5.74) is 1.90. The van der Waals surface area contributed by atoms with Crippen LogP contribution in [0.4, 0.5) is 0 Å². The van der Waals surface area contributed by atoms with Crippen molar-refractivity contribution in [2.45, 2.75) is 6.42 Å². The summed E-state index contributed by atoms with van der Waals surface area (Å²) in [6, 6.07) is 0. The zero-order valence-electron chi connectivity index (χ0n) is 6.18. The van der Waals surface area contributed by atoms with Crippen molar-refractivity contribution in [3.63, 3.8) is 0 Å². The molecule has 2 aliphatic heterocycles. The summed E-state index contributed by atoms with van der Waals surface area (Å²) < 4.78 is 0. The van der Waals surface area contributed by atoms with E-state index < -0.39 is 0 Å². The lowest BCUT2D eigenvalue weighted by molar-refractivity contribution is -0.117. The molecule has 2 aliphatic rings. The Kier molecular flexibility index (Phi) is 1.42. The second-order valence-corrected chi connectivity index (χ2v) is 2.68. The average Bonchev–Trinajstić information content (AvgIpc) is 2.40. The number of hydrogen-bond acceptors (Lipinski definition) is 2. The molecule has 0 aromatic heterocycles. The van der Waals surface area contributed by atoms with E-state index in [9.17, 15) is 4.79 Å². The highest BCUT2D eigenvalue weighted by atomic mass is 16.1. The first kappa shape index (κ1) is 6.46. The van der Waals surface area contributed by atoms with E-state index in [0.29, 0.717) is 6.54 Å². The summed E-state index contributed by atoms with van der Waals surface area (Å²) in [6.45, 7) is 1.54. The first-order valence-corrected chi connectivity index (χ1v) is 3.80. The Morgan fingerprint density at radius 2 is 2.27 bits per heavy atom. The van der Waals surface area contributed by atoms with Crippen LogP contribution in [-0.4, -0.2) is 19.0 Å². The lowest BCUT2D eigenvalue weighted by Gasteiger charge is -1.99. The van der Waals surface area contributed by atoms with Gasteiger partial charge in [0, 0.05) is 24.4 Å². The van der Waals surface area contributed by atoms with Gasteiger partial charge in [-0.1, -0.05) is 6.08 Å². The average molecular weight is 150 g/mol. The van der Waals surface area contributed by atoms with E-state index in [1.807, 2.05) is 12.2 Å². The van der Waals surface area contributed by atoms with Crippen molar-refractivity contribution in [1.29, 1.82) is 0 Å². The zero-order chi connectivity index (χ0) is 7.68. The van der Waals surface area contributed by atoms with Gasteiger partial charge >= 0.3 is 0 Å². The van der Waals surface area contributed by atoms with Gasteiger partial charge in [-0.2, -0.15) is 0 Å². The van der Waals surface area contributed by atoms with Gasteiger partial charge in [-0.15, -0.1) is 0 Å². The van der Waals surface area contributed by atoms with Gasteiger partial charge in [0.15, 0.2) is 0 Å². The molecule has 0 fully saturated rings. The van der Waals surface area contributed by atoms with Crippen molar-refractivity contribution in [3.8, 4) is 0 Å². The number of carbonyl (C=O) groups is 1. The Morgan fingerprint density at radius 1 is 1.36 bits per heavy atom. The van der Waals surface area contributed by atoms with Crippen LogP contribution >= 0.6 is 0 Å². The van der Waals surface area contributed by atoms with E-state index in [4.69, 9.17) is 0 Å². The maximum absolute atomic E-state index is 11.2. The molecule has 0 spiro atoms. The molecule has 0 atom stereocenters. The molecule has 0 bridgehead atoms. The fourth-order valence-electron chi connectivity index (χ4n) is 1.39. The van der Waals surface area contributed by atoms with Crippen molar-refractivity contribution < 1.29 is 4.79 Å². The number of hydrogen-bond donors (Lipinski definition) is 2. The zero-order valence-corrected chi connectivity index (χ0v) is 6.18. The van der Waals surface area contributed by atoms with E-state index in [-0.39, 0.29) is 5.91 Å². The van der Waals surface area contributed by atoms with E-state index in [0.717, 1.165) is 24.2 Å². The van der Waals surface area contributed by atoms with E-state index >= 15 is 0 Å². The predicted octanol–water partition coefficient (Wildman–Crippen LogP) is -0.0802. The first-order chi connectivity index (χ1) is 5.38. The number of nitrogens with one attached hydrogen (secondary N) is 2. The van der Waals surface area contributed by atoms with Crippen molar-refractivity contribution in [1.82, 2.24) is 10.6 Å². The van der Waals surface area contributed by atoms with Gasteiger partial charge in [0.25, 0.3) is 0 Å². The maximum atomic E-state index is 11.2. The van der Waals surface area contributed by atoms with Crippen LogP contribution in [0.15, 0.2) is 23.4 Å². The van der Waals surface area contributed by atoms with Crippen LogP contribution in [0.1, 0.15) is 6.42 Å². The van der Waals surface area contributed by atoms with Crippen LogP contribution in [0.2, 0.25) is 0 Å². The van der Waals surface area contributed by atoms with Gasteiger partial charge in [0.05, 0.1) is 0 Å². The van der Waals surface area contributed by atoms with Crippen LogP contribution in [0.3, 0.4) is 0 Å². The minimum Gasteiger partial charge on any atom is -0.384 e. The van der Waals surface area contributed by atoms with E-state index in [1.54, 1.807) is 0 Å². The molecule has 3 heteroatoms. The monoisotopic (exact) mass is 150 g/mol. The predicted molar refractivity (Wildman–Crippen MR) is 41.8 cm³/mol. The molecule has 3 nitrogen and oxygen atoms in total. The summed E-state index contributed by atoms with van der Waals surface area (Å²) in [4.78, 5) is 11.2. The standard InChI is InChI=1S/C8H10N2O/c11-8-6-3-5-9-7(6)2-1-4-10-8/h1-2,9H,3-5H2,(H,10,11). The minimum absolute atomic E-state index is 0.0787. The molecule has 11 heavy (non-hydrogen) atoms. The molecular formula is C8H10N2O. The normalized spacial score (nSPS) is 22.4. The quantitative estimate of drug-likeness (QED) is 0.507. The third kappa shape index (κ3) is 1.02. The van der Waals surface area contributed by atoms with Crippen LogP contribution in [0.25, 0.3) is 0 Å². The summed E-state index contributed by atoms with van der Waals surface area (Å²) in [5, 5.41) is 5.95. The number of allylic oxidation sites excluding steroid dienone is 1. The molecule has 2 heterocycles. The van der Waals surface area contributed by atoms with Crippen molar-refractivity contribution in [3.05, 3.63) is 23.4 Å². The topological polar surface area (TPSA) is 41.1 Å². The highest BCUT2D eigenvalue weighted by Crippen LogP contribution is 2.15. The van der Waals surface area contributed by atoms with E-state index in [1.165, 1.54) is 0 Å². The van der Waals surface area contributed by atoms with Crippen LogP contribution < -0.4 is 10.6 Å². The molecule has 0 aliphatic carbocycles. The fraction of sp³-hybridized carbons (Fsp3) is 0.375. The summed E-state index contributed by atoms with van der Waals surface area (Å²) >= 11 is 0. The summed E-state index contributed by atoms with van der Waals surface area (Å²) in [5.74, 6) is 0.0787. The molecule has 0 aromatic carbocycles. The Hall–Kier alpha value is -1.25. The fourth-order valence-corrected chi connectivity index (χ4v) is 1.39. The molecule has 0 unspecified atom stereocenters. The largest absolute Gasteiger partial charge is 0.384 e. The summed E-state index contributed by atoms with van der Waals surface area (Å²) in [7, 11) is 0. The highest BCUT2D eigenvalue weighted by Gasteiger charge is 2.19. The first-order valence-electron chi connectivity index (χ1n) is 3.80. The minimum atomic E-state index is 0.0787. The number of rotatable bonds is 0.